The molecule has 3 aromatic rings. The fourth-order valence-corrected chi connectivity index (χ4v) is 4.86. The van der Waals surface area contributed by atoms with Gasteiger partial charge in [-0.2, -0.15) is 0 Å². The first-order valence-corrected chi connectivity index (χ1v) is 10.8. The molecule has 1 aliphatic heterocycles. The lowest BCUT2D eigenvalue weighted by atomic mass is 9.99. The molecule has 0 atom stereocenters. The molecule has 1 aliphatic rings. The SMILES string of the molecule is Cl.Cn1c(CNC(C)(C)C)cc2cc3c(cc21)SCCc1c-3[nH]c(=O)c(C(=O)O)c1O. The van der Waals surface area contributed by atoms with Crippen LogP contribution in [0.25, 0.3) is 22.2 Å². The number of carbonyl (C=O) groups is 1. The number of rotatable bonds is 3. The number of aromatic carboxylic acids is 1. The van der Waals surface area contributed by atoms with E-state index in [9.17, 15) is 19.8 Å². The number of nitrogens with zero attached hydrogens (tertiary/aromatic N) is 1. The number of aromatic nitrogens is 2. The van der Waals surface area contributed by atoms with Gasteiger partial charge in [0.2, 0.25) is 0 Å². The van der Waals surface area contributed by atoms with E-state index in [1.54, 1.807) is 11.8 Å². The summed E-state index contributed by atoms with van der Waals surface area (Å²) in [6.07, 6.45) is 0.467. The minimum Gasteiger partial charge on any atom is -0.506 e. The summed E-state index contributed by atoms with van der Waals surface area (Å²) in [5, 5.41) is 24.4. The highest BCUT2D eigenvalue weighted by molar-refractivity contribution is 7.99. The van der Waals surface area contributed by atoms with Crippen LogP contribution in [0.1, 0.15) is 42.4 Å². The first-order chi connectivity index (χ1) is 14.1. The average molecular weight is 464 g/mol. The molecule has 0 unspecified atom stereocenters. The Morgan fingerprint density at radius 3 is 2.65 bits per heavy atom. The number of aromatic amines is 1. The standard InChI is InChI=1S/C22H25N3O4S.ClH/c1-22(2,3)23-10-12-7-11-8-14-16(9-15(11)25(12)4)30-6-5-13-18(14)24-20(27)17(19(13)26)21(28)29;/h7-9,23H,5-6,10H2,1-4H3,(H,28,29)(H2,24,26,27);1H. The number of halogens is 1. The lowest BCUT2D eigenvalue weighted by Crippen LogP contribution is -2.35. The number of hydrogen-bond acceptors (Lipinski definition) is 5. The van der Waals surface area contributed by atoms with Crippen molar-refractivity contribution < 1.29 is 15.0 Å². The zero-order valence-corrected chi connectivity index (χ0v) is 19.5. The highest BCUT2D eigenvalue weighted by atomic mass is 35.5. The maximum absolute atomic E-state index is 12.4. The number of carboxylic acids is 1. The van der Waals surface area contributed by atoms with Gasteiger partial charge in [-0.15, -0.1) is 24.2 Å². The topological polar surface area (TPSA) is 107 Å². The molecular formula is C22H26ClN3O4S. The van der Waals surface area contributed by atoms with E-state index in [4.69, 9.17) is 0 Å². The molecule has 4 N–H and O–H groups in total. The lowest BCUT2D eigenvalue weighted by Gasteiger charge is -2.20. The van der Waals surface area contributed by atoms with Crippen LogP contribution in [-0.2, 0) is 20.0 Å². The van der Waals surface area contributed by atoms with E-state index in [1.807, 2.05) is 13.1 Å². The van der Waals surface area contributed by atoms with Crippen molar-refractivity contribution in [1.82, 2.24) is 14.9 Å². The molecule has 166 valence electrons. The number of thioether (sulfide) groups is 1. The van der Waals surface area contributed by atoms with Gasteiger partial charge in [-0.05, 0) is 45.4 Å². The number of pyridine rings is 1. The lowest BCUT2D eigenvalue weighted by molar-refractivity contribution is 0.0691. The molecule has 0 aliphatic carbocycles. The van der Waals surface area contributed by atoms with Gasteiger partial charge < -0.3 is 25.1 Å². The molecule has 9 heteroatoms. The number of aromatic hydroxyl groups is 1. The number of H-pyrrole nitrogens is 1. The predicted molar refractivity (Wildman–Crippen MR) is 126 cm³/mol. The van der Waals surface area contributed by atoms with Crippen LogP contribution < -0.4 is 10.9 Å². The van der Waals surface area contributed by atoms with E-state index in [1.165, 1.54) is 0 Å². The summed E-state index contributed by atoms with van der Waals surface area (Å²) in [7, 11) is 2.04. The number of hydrogen-bond donors (Lipinski definition) is 4. The summed E-state index contributed by atoms with van der Waals surface area (Å²) in [6, 6.07) is 6.23. The van der Waals surface area contributed by atoms with Gasteiger partial charge >= 0.3 is 5.97 Å². The molecule has 3 heterocycles. The Morgan fingerprint density at radius 2 is 2.00 bits per heavy atom. The van der Waals surface area contributed by atoms with Crippen molar-refractivity contribution in [2.75, 3.05) is 5.75 Å². The third-order valence-corrected chi connectivity index (χ3v) is 6.48. The molecule has 0 saturated heterocycles. The van der Waals surface area contributed by atoms with Crippen molar-refractivity contribution in [1.29, 1.82) is 0 Å². The first-order valence-electron chi connectivity index (χ1n) is 9.79. The minimum absolute atomic E-state index is 0. The monoisotopic (exact) mass is 463 g/mol. The third-order valence-electron chi connectivity index (χ3n) is 5.43. The highest BCUT2D eigenvalue weighted by Crippen LogP contribution is 2.42. The molecule has 0 saturated carbocycles. The summed E-state index contributed by atoms with van der Waals surface area (Å²) >= 11 is 1.64. The molecule has 4 rings (SSSR count). The molecule has 7 nitrogen and oxygen atoms in total. The van der Waals surface area contributed by atoms with Crippen LogP contribution in [-0.4, -0.2) is 37.0 Å². The zero-order valence-electron chi connectivity index (χ0n) is 17.8. The summed E-state index contributed by atoms with van der Waals surface area (Å²) in [5.41, 5.74) is 2.63. The summed E-state index contributed by atoms with van der Waals surface area (Å²) in [6.45, 7) is 7.10. The van der Waals surface area contributed by atoms with Gasteiger partial charge in [-0.3, -0.25) is 4.79 Å². The van der Waals surface area contributed by atoms with E-state index in [0.717, 1.165) is 33.6 Å². The Bertz CT molecular complexity index is 1240. The van der Waals surface area contributed by atoms with Gasteiger partial charge in [0.05, 0.1) is 5.69 Å². The number of nitrogens with one attached hydrogen (secondary N) is 2. The predicted octanol–water partition coefficient (Wildman–Crippen LogP) is 3.90. The maximum atomic E-state index is 12.4. The van der Waals surface area contributed by atoms with Gasteiger partial charge in [0.25, 0.3) is 5.56 Å². The van der Waals surface area contributed by atoms with Gasteiger partial charge in [-0.1, -0.05) is 0 Å². The summed E-state index contributed by atoms with van der Waals surface area (Å²) in [4.78, 5) is 27.5. The maximum Gasteiger partial charge on any atom is 0.345 e. The van der Waals surface area contributed by atoms with Crippen molar-refractivity contribution in [2.24, 2.45) is 7.05 Å². The van der Waals surface area contributed by atoms with E-state index >= 15 is 0 Å². The van der Waals surface area contributed by atoms with Gasteiger partial charge in [0, 0.05) is 57.5 Å². The number of aryl methyl sites for hydroxylation is 1. The van der Waals surface area contributed by atoms with E-state index in [-0.39, 0.29) is 17.9 Å². The highest BCUT2D eigenvalue weighted by Gasteiger charge is 2.26. The minimum atomic E-state index is -1.43. The second kappa shape index (κ2) is 8.26. The van der Waals surface area contributed by atoms with Crippen molar-refractivity contribution in [3.05, 3.63) is 45.4 Å². The van der Waals surface area contributed by atoms with Crippen LogP contribution in [0.3, 0.4) is 0 Å². The van der Waals surface area contributed by atoms with Crippen LogP contribution in [0.2, 0.25) is 0 Å². The van der Waals surface area contributed by atoms with Crippen molar-refractivity contribution >= 4 is 41.0 Å². The normalized spacial score (nSPS) is 13.3. The molecule has 0 bridgehead atoms. The molecule has 0 radical (unpaired) electrons. The van der Waals surface area contributed by atoms with Crippen LogP contribution in [0.15, 0.2) is 27.9 Å². The van der Waals surface area contributed by atoms with Crippen LogP contribution >= 0.6 is 24.2 Å². The largest absolute Gasteiger partial charge is 0.506 e. The van der Waals surface area contributed by atoms with E-state index in [0.29, 0.717) is 23.4 Å². The first kappa shape index (κ1) is 23.2. The van der Waals surface area contributed by atoms with Crippen LogP contribution in [0.5, 0.6) is 5.75 Å². The van der Waals surface area contributed by atoms with Crippen LogP contribution in [0.4, 0.5) is 0 Å². The molecule has 2 aromatic heterocycles. The smallest absolute Gasteiger partial charge is 0.345 e. The van der Waals surface area contributed by atoms with Gasteiger partial charge in [0.15, 0.2) is 5.56 Å². The summed E-state index contributed by atoms with van der Waals surface area (Å²) < 4.78 is 2.16. The van der Waals surface area contributed by atoms with Crippen molar-refractivity contribution in [2.45, 2.75) is 44.2 Å². The molecule has 0 spiro atoms. The second-order valence-corrected chi connectivity index (χ2v) is 9.78. The molecule has 31 heavy (non-hydrogen) atoms. The molecule has 1 aromatic carbocycles. The zero-order chi connectivity index (χ0) is 21.8. The Balaban J connectivity index is 0.00000272. The Labute approximate surface area is 190 Å². The number of benzene rings is 1. The third kappa shape index (κ3) is 4.20. The van der Waals surface area contributed by atoms with Crippen molar-refractivity contribution in [3.8, 4) is 17.0 Å². The number of fused-ring (bicyclic) bond motifs is 4. The second-order valence-electron chi connectivity index (χ2n) is 8.64. The van der Waals surface area contributed by atoms with Crippen molar-refractivity contribution in [3.63, 3.8) is 0 Å². The Hall–Kier alpha value is -2.42. The quantitative estimate of drug-likeness (QED) is 0.469. The van der Waals surface area contributed by atoms with E-state index in [2.05, 4.69) is 47.8 Å². The molecule has 0 amide bonds. The Morgan fingerprint density at radius 1 is 1.29 bits per heavy atom. The fourth-order valence-electron chi connectivity index (χ4n) is 3.83. The average Bonchev–Trinajstić information content (AvgIpc) is 2.83. The van der Waals surface area contributed by atoms with Gasteiger partial charge in [0.1, 0.15) is 5.75 Å². The number of carboxylic acid groups (broad SMARTS) is 1. The fraction of sp³-hybridized carbons (Fsp3) is 0.364. The molecule has 0 fully saturated rings. The summed E-state index contributed by atoms with van der Waals surface area (Å²) in [5.74, 6) is -1.19. The molecular weight excluding hydrogens is 438 g/mol. The van der Waals surface area contributed by atoms with Gasteiger partial charge in [-0.25, -0.2) is 4.79 Å². The van der Waals surface area contributed by atoms with Crippen LogP contribution in [0, 0.1) is 0 Å². The Kier molecular flexibility index (Phi) is 6.19. The van der Waals surface area contributed by atoms with E-state index < -0.39 is 22.8 Å².